The number of nitro groups is 1. The van der Waals surface area contributed by atoms with Crippen molar-refractivity contribution in [2.45, 2.75) is 31.3 Å². The van der Waals surface area contributed by atoms with E-state index in [2.05, 4.69) is 21.2 Å². The topological polar surface area (TPSA) is 93.9 Å². The molecule has 0 saturated carbocycles. The number of halogens is 1. The van der Waals surface area contributed by atoms with E-state index in [1.54, 1.807) is 36.2 Å². The fourth-order valence-corrected chi connectivity index (χ4v) is 5.50. The van der Waals surface area contributed by atoms with Gasteiger partial charge in [-0.2, -0.15) is 0 Å². The molecule has 1 amide bonds. The number of hydrogen-bond donors (Lipinski definition) is 1. The molecular weight excluding hydrogens is 466 g/mol. The van der Waals surface area contributed by atoms with E-state index in [1.807, 2.05) is 26.0 Å². The molecular formula is C22H24BrN3O5. The predicted octanol–water partition coefficient (Wildman–Crippen LogP) is 3.77. The summed E-state index contributed by atoms with van der Waals surface area (Å²) in [4.78, 5) is 27.1. The summed E-state index contributed by atoms with van der Waals surface area (Å²) in [5.41, 5.74) is 0.611. The molecule has 164 valence electrons. The van der Waals surface area contributed by atoms with Gasteiger partial charge in [-0.3, -0.25) is 19.8 Å². The number of hydrogen-bond acceptors (Lipinski definition) is 6. The maximum Gasteiger partial charge on any atom is 0.256 e. The van der Waals surface area contributed by atoms with Gasteiger partial charge in [-0.25, -0.2) is 0 Å². The van der Waals surface area contributed by atoms with Gasteiger partial charge < -0.3 is 14.8 Å². The minimum Gasteiger partial charge on any atom is -0.490 e. The first-order chi connectivity index (χ1) is 14.9. The molecule has 1 spiro atoms. The van der Waals surface area contributed by atoms with Crippen LogP contribution in [-0.2, 0) is 10.3 Å². The van der Waals surface area contributed by atoms with Crippen LogP contribution >= 0.6 is 15.9 Å². The van der Waals surface area contributed by atoms with E-state index in [0.29, 0.717) is 47.0 Å². The van der Waals surface area contributed by atoms with Gasteiger partial charge in [0.1, 0.15) is 0 Å². The molecule has 2 heterocycles. The number of anilines is 1. The average Bonchev–Trinajstić information content (AvgIpc) is 3.20. The van der Waals surface area contributed by atoms with Crippen LogP contribution in [-0.4, -0.2) is 48.6 Å². The van der Waals surface area contributed by atoms with Crippen molar-refractivity contribution in [1.29, 1.82) is 0 Å². The van der Waals surface area contributed by atoms with E-state index in [-0.39, 0.29) is 10.8 Å². The zero-order valence-corrected chi connectivity index (χ0v) is 19.1. The lowest BCUT2D eigenvalue weighted by Gasteiger charge is -2.30. The number of carbonyl (C=O) groups is 1. The predicted molar refractivity (Wildman–Crippen MR) is 119 cm³/mol. The van der Waals surface area contributed by atoms with Gasteiger partial charge >= 0.3 is 0 Å². The minimum absolute atomic E-state index is 0.319. The second-order valence-corrected chi connectivity index (χ2v) is 8.53. The Kier molecular flexibility index (Phi) is 5.65. The Bertz CT molecular complexity index is 1050. The number of para-hydroxylation sites is 1. The molecule has 0 unspecified atom stereocenters. The Labute approximate surface area is 188 Å². The fraction of sp³-hybridized carbons (Fsp3) is 0.409. The van der Waals surface area contributed by atoms with Gasteiger partial charge in [0.2, 0.25) is 0 Å². The van der Waals surface area contributed by atoms with Crippen molar-refractivity contribution in [3.63, 3.8) is 0 Å². The monoisotopic (exact) mass is 489 g/mol. The van der Waals surface area contributed by atoms with Gasteiger partial charge in [-0.05, 0) is 60.6 Å². The number of amides is 1. The number of rotatable bonds is 6. The lowest BCUT2D eigenvalue weighted by molar-refractivity contribution is -0.534. The molecule has 2 aromatic rings. The van der Waals surface area contributed by atoms with Crippen LogP contribution in [0, 0.1) is 10.1 Å². The van der Waals surface area contributed by atoms with Crippen molar-refractivity contribution in [1.82, 2.24) is 4.90 Å². The van der Waals surface area contributed by atoms with Crippen LogP contribution in [0.4, 0.5) is 5.69 Å². The number of nitrogens with zero attached hydrogens (tertiary/aromatic N) is 2. The minimum atomic E-state index is -1.37. The van der Waals surface area contributed by atoms with Crippen LogP contribution in [0.2, 0.25) is 0 Å². The first-order valence-corrected chi connectivity index (χ1v) is 11.0. The third-order valence-corrected chi connectivity index (χ3v) is 6.68. The summed E-state index contributed by atoms with van der Waals surface area (Å²) in [5, 5.41) is 15.3. The SMILES string of the molecule is CCOc1cc([C@@H]2CN(C)[C@]3(C(=O)Nc4ccccc43)[C@@H]2[N+](=O)[O-])cc(Br)c1OCC. The summed E-state index contributed by atoms with van der Waals surface area (Å²) in [6, 6.07) is 9.65. The normalized spacial score (nSPS) is 24.8. The number of likely N-dealkylation sites (N-methyl/N-ethyl adjacent to an activating group) is 1. The summed E-state index contributed by atoms with van der Waals surface area (Å²) in [6.07, 6.45) is 0. The molecule has 0 radical (unpaired) electrons. The van der Waals surface area contributed by atoms with E-state index in [4.69, 9.17) is 9.47 Å². The maximum absolute atomic E-state index is 13.2. The molecule has 2 aromatic carbocycles. The van der Waals surface area contributed by atoms with Crippen LogP contribution in [0.15, 0.2) is 40.9 Å². The lowest BCUT2D eigenvalue weighted by atomic mass is 9.79. The molecule has 1 fully saturated rings. The number of ether oxygens (including phenoxy) is 2. The Balaban J connectivity index is 1.86. The summed E-state index contributed by atoms with van der Waals surface area (Å²) >= 11 is 3.53. The van der Waals surface area contributed by atoms with E-state index < -0.39 is 17.5 Å². The van der Waals surface area contributed by atoms with Crippen LogP contribution in [0.25, 0.3) is 0 Å². The average molecular weight is 490 g/mol. The summed E-state index contributed by atoms with van der Waals surface area (Å²) < 4.78 is 12.1. The Morgan fingerprint density at radius 3 is 2.65 bits per heavy atom. The van der Waals surface area contributed by atoms with Crippen molar-refractivity contribution in [3.05, 3.63) is 62.1 Å². The number of likely N-dealkylation sites (tertiary alicyclic amines) is 1. The summed E-state index contributed by atoms with van der Waals surface area (Å²) in [6.45, 7) is 4.99. The van der Waals surface area contributed by atoms with Crippen LogP contribution in [0.1, 0.15) is 30.9 Å². The molecule has 3 atom stereocenters. The molecule has 1 N–H and O–H groups in total. The van der Waals surface area contributed by atoms with Gasteiger partial charge in [0.15, 0.2) is 17.0 Å². The lowest BCUT2D eigenvalue weighted by Crippen LogP contribution is -2.54. The van der Waals surface area contributed by atoms with Crippen LogP contribution in [0.5, 0.6) is 11.5 Å². The second-order valence-electron chi connectivity index (χ2n) is 7.68. The van der Waals surface area contributed by atoms with E-state index >= 15 is 0 Å². The van der Waals surface area contributed by atoms with E-state index in [0.717, 1.165) is 5.56 Å². The van der Waals surface area contributed by atoms with Crippen molar-refractivity contribution in [2.75, 3.05) is 32.1 Å². The third-order valence-electron chi connectivity index (χ3n) is 6.09. The van der Waals surface area contributed by atoms with Crippen molar-refractivity contribution in [2.24, 2.45) is 0 Å². The molecule has 0 aliphatic carbocycles. The number of nitrogens with one attached hydrogen (secondary N) is 1. The van der Waals surface area contributed by atoms with Crippen molar-refractivity contribution >= 4 is 27.5 Å². The summed E-state index contributed by atoms with van der Waals surface area (Å²) in [5.74, 6) is 0.199. The van der Waals surface area contributed by atoms with Gasteiger partial charge in [0.05, 0.1) is 23.6 Å². The highest BCUT2D eigenvalue weighted by Gasteiger charge is 2.68. The zero-order valence-electron chi connectivity index (χ0n) is 17.6. The molecule has 8 nitrogen and oxygen atoms in total. The molecule has 2 aliphatic rings. The third kappa shape index (κ3) is 3.18. The van der Waals surface area contributed by atoms with Gasteiger partial charge in [0.25, 0.3) is 11.9 Å². The van der Waals surface area contributed by atoms with Gasteiger partial charge in [0, 0.05) is 22.7 Å². The Morgan fingerprint density at radius 1 is 1.26 bits per heavy atom. The first-order valence-electron chi connectivity index (χ1n) is 10.2. The van der Waals surface area contributed by atoms with E-state index in [1.165, 1.54) is 0 Å². The molecule has 4 rings (SSSR count). The fourth-order valence-electron chi connectivity index (χ4n) is 4.93. The highest BCUT2D eigenvalue weighted by Crippen LogP contribution is 2.53. The maximum atomic E-state index is 13.2. The smallest absolute Gasteiger partial charge is 0.256 e. The molecule has 2 aliphatic heterocycles. The number of carbonyl (C=O) groups excluding carboxylic acids is 1. The standard InChI is InChI=1S/C22H24BrN3O5/c1-4-30-18-11-13(10-16(23)19(18)31-5-2)14-12-25(3)22(20(14)26(28)29)15-8-6-7-9-17(15)24-21(22)27/h6-11,14,20H,4-5,12H2,1-3H3,(H,24,27)/t14-,20+,22-/m0/s1. The Morgan fingerprint density at radius 2 is 1.97 bits per heavy atom. The zero-order chi connectivity index (χ0) is 22.3. The van der Waals surface area contributed by atoms with Gasteiger partial charge in [-0.15, -0.1) is 0 Å². The molecule has 0 bridgehead atoms. The highest BCUT2D eigenvalue weighted by molar-refractivity contribution is 9.10. The molecule has 9 heteroatoms. The molecule has 31 heavy (non-hydrogen) atoms. The van der Waals surface area contributed by atoms with Crippen molar-refractivity contribution in [3.8, 4) is 11.5 Å². The van der Waals surface area contributed by atoms with Crippen LogP contribution in [0.3, 0.4) is 0 Å². The first kappa shape index (κ1) is 21.6. The number of benzene rings is 2. The quantitative estimate of drug-likeness (QED) is 0.490. The Hall–Kier alpha value is -2.65. The molecule has 0 aromatic heterocycles. The summed E-state index contributed by atoms with van der Waals surface area (Å²) in [7, 11) is 1.77. The van der Waals surface area contributed by atoms with E-state index in [9.17, 15) is 14.9 Å². The number of fused-ring (bicyclic) bond motifs is 2. The van der Waals surface area contributed by atoms with Crippen LogP contribution < -0.4 is 14.8 Å². The van der Waals surface area contributed by atoms with Gasteiger partial charge in [-0.1, -0.05) is 18.2 Å². The van der Waals surface area contributed by atoms with Crippen molar-refractivity contribution < 1.29 is 19.2 Å². The largest absolute Gasteiger partial charge is 0.490 e. The second kappa shape index (κ2) is 8.12. The highest BCUT2D eigenvalue weighted by atomic mass is 79.9. The molecule has 1 saturated heterocycles.